The number of pyridine rings is 2. The minimum Gasteiger partial charge on any atom is -0.493 e. The van der Waals surface area contributed by atoms with Gasteiger partial charge >= 0.3 is 0 Å². The third-order valence-corrected chi connectivity index (χ3v) is 3.89. The molecule has 3 nitrogen and oxygen atoms in total. The Balaban J connectivity index is 1.97. The van der Waals surface area contributed by atoms with Crippen molar-refractivity contribution in [1.29, 1.82) is 0 Å². The largest absolute Gasteiger partial charge is 0.493 e. The lowest BCUT2D eigenvalue weighted by molar-refractivity contribution is 0.341. The van der Waals surface area contributed by atoms with Crippen LogP contribution >= 0.6 is 0 Å². The quantitative estimate of drug-likeness (QED) is 0.507. The minimum absolute atomic E-state index is 0.634. The van der Waals surface area contributed by atoms with E-state index in [1.54, 1.807) is 0 Å². The first-order chi connectivity index (χ1) is 11.4. The first kappa shape index (κ1) is 13.7. The Hall–Kier alpha value is -2.94. The van der Waals surface area contributed by atoms with E-state index in [1.807, 2.05) is 49.5 Å². The average Bonchev–Trinajstić information content (AvgIpc) is 2.62. The number of rotatable bonds is 3. The molecule has 4 rings (SSSR count). The Labute approximate surface area is 134 Å². The molecule has 4 aromatic rings. The third-order valence-electron chi connectivity index (χ3n) is 3.89. The zero-order chi connectivity index (χ0) is 15.6. The smallest absolute Gasteiger partial charge is 0.128 e. The van der Waals surface area contributed by atoms with Gasteiger partial charge in [-0.3, -0.25) is 4.98 Å². The highest BCUT2D eigenvalue weighted by molar-refractivity contribution is 6.03. The van der Waals surface area contributed by atoms with Crippen molar-refractivity contribution in [1.82, 2.24) is 9.97 Å². The number of fused-ring (bicyclic) bond motifs is 3. The van der Waals surface area contributed by atoms with Crippen molar-refractivity contribution in [2.45, 2.75) is 6.92 Å². The molecular formula is C20H16N2O. The van der Waals surface area contributed by atoms with Gasteiger partial charge in [0, 0.05) is 22.5 Å². The summed E-state index contributed by atoms with van der Waals surface area (Å²) in [5, 5.41) is 2.19. The summed E-state index contributed by atoms with van der Waals surface area (Å²) in [6.45, 7) is 2.62. The first-order valence-corrected chi connectivity index (χ1v) is 7.73. The van der Waals surface area contributed by atoms with Crippen LogP contribution in [-0.2, 0) is 0 Å². The first-order valence-electron chi connectivity index (χ1n) is 7.73. The molecule has 0 amide bonds. The molecule has 2 aromatic heterocycles. The van der Waals surface area contributed by atoms with Gasteiger partial charge in [0.25, 0.3) is 0 Å². The van der Waals surface area contributed by atoms with E-state index >= 15 is 0 Å². The molecule has 0 aliphatic heterocycles. The normalized spacial score (nSPS) is 11.0. The van der Waals surface area contributed by atoms with E-state index < -0.39 is 0 Å². The van der Waals surface area contributed by atoms with Crippen molar-refractivity contribution in [3.8, 4) is 17.0 Å². The number of hydrogen-bond donors (Lipinski definition) is 0. The van der Waals surface area contributed by atoms with Gasteiger partial charge in [-0.05, 0) is 31.2 Å². The topological polar surface area (TPSA) is 35.0 Å². The molecule has 0 bridgehead atoms. The van der Waals surface area contributed by atoms with Crippen LogP contribution in [0.3, 0.4) is 0 Å². The van der Waals surface area contributed by atoms with Crippen LogP contribution in [0, 0.1) is 0 Å². The summed E-state index contributed by atoms with van der Waals surface area (Å²) in [5.41, 5.74) is 3.76. The molecule has 0 atom stereocenters. The molecule has 0 spiro atoms. The summed E-state index contributed by atoms with van der Waals surface area (Å²) < 4.78 is 5.74. The second kappa shape index (κ2) is 5.69. The van der Waals surface area contributed by atoms with Gasteiger partial charge in [-0.1, -0.05) is 36.4 Å². The van der Waals surface area contributed by atoms with Crippen molar-refractivity contribution >= 4 is 21.8 Å². The predicted octanol–water partition coefficient (Wildman–Crippen LogP) is 4.85. The lowest BCUT2D eigenvalue weighted by Crippen LogP contribution is -1.95. The molecule has 0 aliphatic carbocycles. The van der Waals surface area contributed by atoms with Gasteiger partial charge in [-0.25, -0.2) is 4.98 Å². The summed E-state index contributed by atoms with van der Waals surface area (Å²) in [7, 11) is 0. The fourth-order valence-corrected chi connectivity index (χ4v) is 2.83. The molecule has 0 N–H and O–H groups in total. The number of ether oxygens (including phenoxy) is 1. The summed E-state index contributed by atoms with van der Waals surface area (Å²) >= 11 is 0. The van der Waals surface area contributed by atoms with Crippen molar-refractivity contribution < 1.29 is 4.74 Å². The second-order valence-corrected chi connectivity index (χ2v) is 5.34. The maximum Gasteiger partial charge on any atom is 0.128 e. The second-order valence-electron chi connectivity index (χ2n) is 5.34. The molecule has 0 saturated heterocycles. The monoisotopic (exact) mass is 300 g/mol. The third kappa shape index (κ3) is 2.40. The number of benzene rings is 2. The van der Waals surface area contributed by atoms with E-state index in [0.717, 1.165) is 38.8 Å². The molecule has 0 saturated carbocycles. The average molecular weight is 300 g/mol. The summed E-state index contributed by atoms with van der Waals surface area (Å²) in [6, 6.07) is 20.3. The van der Waals surface area contributed by atoms with Gasteiger partial charge in [-0.15, -0.1) is 0 Å². The Morgan fingerprint density at radius 3 is 2.48 bits per heavy atom. The maximum atomic E-state index is 5.74. The Morgan fingerprint density at radius 1 is 0.826 bits per heavy atom. The van der Waals surface area contributed by atoms with Crippen LogP contribution in [0.1, 0.15) is 6.92 Å². The lowest BCUT2D eigenvalue weighted by Gasteiger charge is -2.10. The fraction of sp³-hybridized carbons (Fsp3) is 0.100. The number of para-hydroxylation sites is 1. The molecule has 23 heavy (non-hydrogen) atoms. The molecule has 0 unspecified atom stereocenters. The van der Waals surface area contributed by atoms with Gasteiger partial charge in [0.2, 0.25) is 0 Å². The van der Waals surface area contributed by atoms with E-state index in [-0.39, 0.29) is 0 Å². The molecule has 0 radical (unpaired) electrons. The van der Waals surface area contributed by atoms with E-state index in [1.165, 1.54) is 0 Å². The summed E-state index contributed by atoms with van der Waals surface area (Å²) in [5.74, 6) is 0.857. The Bertz CT molecular complexity index is 995. The van der Waals surface area contributed by atoms with Crippen molar-refractivity contribution in [3.05, 3.63) is 66.9 Å². The van der Waals surface area contributed by atoms with Gasteiger partial charge in [0.15, 0.2) is 0 Å². The zero-order valence-electron chi connectivity index (χ0n) is 12.9. The van der Waals surface area contributed by atoms with Gasteiger partial charge in [0.1, 0.15) is 5.75 Å². The Kier molecular flexibility index (Phi) is 3.39. The summed E-state index contributed by atoms with van der Waals surface area (Å²) in [4.78, 5) is 9.38. The van der Waals surface area contributed by atoms with E-state index in [0.29, 0.717) is 6.61 Å². The molecule has 2 aromatic carbocycles. The molecule has 0 fully saturated rings. The lowest BCUT2D eigenvalue weighted by atomic mass is 10.1. The van der Waals surface area contributed by atoms with Gasteiger partial charge in [0.05, 0.1) is 23.3 Å². The standard InChI is InChI=1S/C20H16N2O/c1-2-23-18-8-4-3-7-16(18)17-12-11-15-10-9-14-6-5-13-21-19(14)20(15)22-17/h3-13H,2H2,1H3. The van der Waals surface area contributed by atoms with Crippen LogP contribution in [0.25, 0.3) is 33.1 Å². The van der Waals surface area contributed by atoms with Crippen LogP contribution in [-0.4, -0.2) is 16.6 Å². The zero-order valence-corrected chi connectivity index (χ0v) is 12.9. The molecule has 0 aliphatic rings. The van der Waals surface area contributed by atoms with Crippen LogP contribution in [0.4, 0.5) is 0 Å². The van der Waals surface area contributed by atoms with Crippen LogP contribution in [0.15, 0.2) is 66.9 Å². The van der Waals surface area contributed by atoms with Crippen LogP contribution < -0.4 is 4.74 Å². The van der Waals surface area contributed by atoms with E-state index in [9.17, 15) is 0 Å². The van der Waals surface area contributed by atoms with Crippen molar-refractivity contribution in [3.63, 3.8) is 0 Å². The molecular weight excluding hydrogens is 284 g/mol. The number of nitrogens with zero attached hydrogens (tertiary/aromatic N) is 2. The predicted molar refractivity (Wildman–Crippen MR) is 93.6 cm³/mol. The maximum absolute atomic E-state index is 5.74. The highest BCUT2D eigenvalue weighted by Gasteiger charge is 2.09. The molecule has 112 valence electrons. The van der Waals surface area contributed by atoms with Crippen LogP contribution in [0.2, 0.25) is 0 Å². The Morgan fingerprint density at radius 2 is 1.61 bits per heavy atom. The molecule has 3 heteroatoms. The summed E-state index contributed by atoms with van der Waals surface area (Å²) in [6.07, 6.45) is 1.81. The fourth-order valence-electron chi connectivity index (χ4n) is 2.83. The number of hydrogen-bond acceptors (Lipinski definition) is 3. The van der Waals surface area contributed by atoms with Crippen LogP contribution in [0.5, 0.6) is 5.75 Å². The highest BCUT2D eigenvalue weighted by Crippen LogP contribution is 2.31. The van der Waals surface area contributed by atoms with Crippen molar-refractivity contribution in [2.24, 2.45) is 0 Å². The van der Waals surface area contributed by atoms with Gasteiger partial charge in [-0.2, -0.15) is 0 Å². The minimum atomic E-state index is 0.634. The van der Waals surface area contributed by atoms with Gasteiger partial charge < -0.3 is 4.74 Å². The van der Waals surface area contributed by atoms with E-state index in [4.69, 9.17) is 9.72 Å². The SMILES string of the molecule is CCOc1ccccc1-c1ccc2ccc3cccnc3c2n1. The molecule has 2 heterocycles. The van der Waals surface area contributed by atoms with Crippen molar-refractivity contribution in [2.75, 3.05) is 6.61 Å². The number of aromatic nitrogens is 2. The van der Waals surface area contributed by atoms with E-state index in [2.05, 4.69) is 29.2 Å². The highest BCUT2D eigenvalue weighted by atomic mass is 16.5.